The van der Waals surface area contributed by atoms with Crippen LogP contribution in [0.1, 0.15) is 47.4 Å². The van der Waals surface area contributed by atoms with Crippen molar-refractivity contribution in [2.75, 3.05) is 31.6 Å². The van der Waals surface area contributed by atoms with E-state index in [1.54, 1.807) is 47.4 Å². The Hall–Kier alpha value is -2.38. The highest BCUT2D eigenvalue weighted by atomic mass is 79.9. The number of hydrogen-bond acceptors (Lipinski definition) is 4. The van der Waals surface area contributed by atoms with E-state index in [-0.39, 0.29) is 17.9 Å². The van der Waals surface area contributed by atoms with E-state index in [0.29, 0.717) is 46.7 Å². The number of carbonyl (C=O) groups excluding carboxylic acids is 2. The molecule has 0 radical (unpaired) electrons. The highest BCUT2D eigenvalue weighted by Gasteiger charge is 2.17. The standard InChI is InChI=1S/C23H27BrN2O4/c1-3-26(4-2)23(28)16-7-10-18(11-8-16)25-22(27)17-9-12-21(20(24)14-17)30-15-19-6-5-13-29-19/h7-12,14,19H,3-6,13,15H2,1-2H3,(H,25,27). The fraction of sp³-hybridized carbons (Fsp3) is 0.391. The molecule has 0 aromatic heterocycles. The van der Waals surface area contributed by atoms with Gasteiger partial charge in [-0.15, -0.1) is 0 Å². The van der Waals surface area contributed by atoms with E-state index in [1.165, 1.54) is 0 Å². The maximum absolute atomic E-state index is 12.6. The van der Waals surface area contributed by atoms with Gasteiger partial charge in [0.25, 0.3) is 11.8 Å². The molecule has 160 valence electrons. The van der Waals surface area contributed by atoms with E-state index < -0.39 is 0 Å². The van der Waals surface area contributed by atoms with Gasteiger partial charge in [-0.1, -0.05) is 0 Å². The van der Waals surface area contributed by atoms with Gasteiger partial charge in [0.15, 0.2) is 0 Å². The lowest BCUT2D eigenvalue weighted by Crippen LogP contribution is -2.30. The summed E-state index contributed by atoms with van der Waals surface area (Å²) in [6.45, 7) is 6.52. The van der Waals surface area contributed by atoms with Crippen molar-refractivity contribution in [1.29, 1.82) is 0 Å². The van der Waals surface area contributed by atoms with Crippen LogP contribution in [0.25, 0.3) is 0 Å². The third kappa shape index (κ3) is 5.61. The van der Waals surface area contributed by atoms with Gasteiger partial charge in [-0.25, -0.2) is 0 Å². The first kappa shape index (κ1) is 22.3. The number of ether oxygens (including phenoxy) is 2. The van der Waals surface area contributed by atoms with Gasteiger partial charge in [0.05, 0.1) is 10.6 Å². The number of nitrogens with one attached hydrogen (secondary N) is 1. The number of nitrogens with zero attached hydrogens (tertiary/aromatic N) is 1. The van der Waals surface area contributed by atoms with E-state index in [2.05, 4.69) is 21.2 Å². The van der Waals surface area contributed by atoms with Gasteiger partial charge in [-0.3, -0.25) is 9.59 Å². The molecular formula is C23H27BrN2O4. The Labute approximate surface area is 185 Å². The molecule has 1 fully saturated rings. The summed E-state index contributed by atoms with van der Waals surface area (Å²) in [4.78, 5) is 26.7. The lowest BCUT2D eigenvalue weighted by molar-refractivity contribution is 0.0677. The highest BCUT2D eigenvalue weighted by Crippen LogP contribution is 2.27. The van der Waals surface area contributed by atoms with Crippen molar-refractivity contribution in [1.82, 2.24) is 4.90 Å². The van der Waals surface area contributed by atoms with Crippen molar-refractivity contribution < 1.29 is 19.1 Å². The van der Waals surface area contributed by atoms with Gasteiger partial charge in [-0.2, -0.15) is 0 Å². The number of halogens is 1. The molecule has 2 aromatic rings. The van der Waals surface area contributed by atoms with Crippen LogP contribution in [-0.4, -0.2) is 49.1 Å². The Kier molecular flexibility index (Phi) is 7.87. The fourth-order valence-electron chi connectivity index (χ4n) is 3.31. The van der Waals surface area contributed by atoms with E-state index in [4.69, 9.17) is 9.47 Å². The van der Waals surface area contributed by atoms with E-state index in [9.17, 15) is 9.59 Å². The van der Waals surface area contributed by atoms with Crippen LogP contribution in [0.4, 0.5) is 5.69 Å². The van der Waals surface area contributed by atoms with Crippen molar-refractivity contribution in [3.63, 3.8) is 0 Å². The number of hydrogen-bond donors (Lipinski definition) is 1. The molecule has 0 saturated carbocycles. The topological polar surface area (TPSA) is 67.9 Å². The zero-order valence-corrected chi connectivity index (χ0v) is 18.9. The normalized spacial score (nSPS) is 15.6. The Bertz CT molecular complexity index is 875. The second-order valence-electron chi connectivity index (χ2n) is 7.10. The van der Waals surface area contributed by atoms with Crippen molar-refractivity contribution in [2.45, 2.75) is 32.8 Å². The Morgan fingerprint density at radius 2 is 1.83 bits per heavy atom. The molecule has 30 heavy (non-hydrogen) atoms. The zero-order valence-electron chi connectivity index (χ0n) is 17.3. The minimum Gasteiger partial charge on any atom is -0.490 e. The van der Waals surface area contributed by atoms with Gasteiger partial charge in [-0.05, 0) is 85.1 Å². The Balaban J connectivity index is 1.60. The van der Waals surface area contributed by atoms with Crippen molar-refractivity contribution in [2.24, 2.45) is 0 Å². The average molecular weight is 475 g/mol. The van der Waals surface area contributed by atoms with Gasteiger partial charge in [0.2, 0.25) is 0 Å². The van der Waals surface area contributed by atoms with Crippen LogP contribution in [0.15, 0.2) is 46.9 Å². The molecule has 7 heteroatoms. The molecule has 1 N–H and O–H groups in total. The molecule has 1 atom stereocenters. The molecule has 3 rings (SSSR count). The number of rotatable bonds is 8. The van der Waals surface area contributed by atoms with Crippen LogP contribution in [0, 0.1) is 0 Å². The van der Waals surface area contributed by atoms with Gasteiger partial charge >= 0.3 is 0 Å². The third-order valence-electron chi connectivity index (χ3n) is 5.08. The van der Waals surface area contributed by atoms with Crippen LogP contribution in [-0.2, 0) is 4.74 Å². The van der Waals surface area contributed by atoms with E-state index in [0.717, 1.165) is 19.4 Å². The monoisotopic (exact) mass is 474 g/mol. The van der Waals surface area contributed by atoms with Crippen LogP contribution in [0.5, 0.6) is 5.75 Å². The summed E-state index contributed by atoms with van der Waals surface area (Å²) in [5, 5.41) is 2.86. The molecule has 1 aliphatic rings. The van der Waals surface area contributed by atoms with Crippen LogP contribution < -0.4 is 10.1 Å². The smallest absolute Gasteiger partial charge is 0.255 e. The largest absolute Gasteiger partial charge is 0.490 e. The lowest BCUT2D eigenvalue weighted by Gasteiger charge is -2.18. The quantitative estimate of drug-likeness (QED) is 0.599. The first-order valence-electron chi connectivity index (χ1n) is 10.3. The third-order valence-corrected chi connectivity index (χ3v) is 5.70. The molecule has 1 saturated heterocycles. The van der Waals surface area contributed by atoms with Gasteiger partial charge < -0.3 is 19.7 Å². The summed E-state index contributed by atoms with van der Waals surface area (Å²) in [6, 6.07) is 12.2. The summed E-state index contributed by atoms with van der Waals surface area (Å²) in [5.74, 6) is 0.436. The first-order valence-corrected chi connectivity index (χ1v) is 11.1. The van der Waals surface area contributed by atoms with Gasteiger partial charge in [0.1, 0.15) is 12.4 Å². The fourth-order valence-corrected chi connectivity index (χ4v) is 3.80. The van der Waals surface area contributed by atoms with E-state index in [1.807, 2.05) is 13.8 Å². The molecule has 1 unspecified atom stereocenters. The Morgan fingerprint density at radius 1 is 1.13 bits per heavy atom. The molecule has 2 amide bonds. The van der Waals surface area contributed by atoms with Crippen molar-refractivity contribution in [3.8, 4) is 5.75 Å². The molecule has 1 aliphatic heterocycles. The molecule has 0 bridgehead atoms. The lowest BCUT2D eigenvalue weighted by atomic mass is 10.1. The Morgan fingerprint density at radius 3 is 2.43 bits per heavy atom. The maximum atomic E-state index is 12.6. The zero-order chi connectivity index (χ0) is 21.5. The molecule has 1 heterocycles. The van der Waals surface area contributed by atoms with Crippen LogP contribution >= 0.6 is 15.9 Å². The SMILES string of the molecule is CCN(CC)C(=O)c1ccc(NC(=O)c2ccc(OCC3CCCO3)c(Br)c2)cc1. The first-order chi connectivity index (χ1) is 14.5. The summed E-state index contributed by atoms with van der Waals surface area (Å²) >= 11 is 3.48. The summed E-state index contributed by atoms with van der Waals surface area (Å²) in [6.07, 6.45) is 2.22. The molecular weight excluding hydrogens is 448 g/mol. The molecule has 0 spiro atoms. The minimum atomic E-state index is -0.232. The van der Waals surface area contributed by atoms with E-state index >= 15 is 0 Å². The number of carbonyl (C=O) groups is 2. The minimum absolute atomic E-state index is 0.0135. The second-order valence-corrected chi connectivity index (χ2v) is 7.95. The molecule has 0 aliphatic carbocycles. The second kappa shape index (κ2) is 10.6. The number of benzene rings is 2. The highest BCUT2D eigenvalue weighted by molar-refractivity contribution is 9.10. The van der Waals surface area contributed by atoms with Crippen LogP contribution in [0.3, 0.4) is 0 Å². The molecule has 6 nitrogen and oxygen atoms in total. The maximum Gasteiger partial charge on any atom is 0.255 e. The molecule has 2 aromatic carbocycles. The van der Waals surface area contributed by atoms with Crippen LogP contribution in [0.2, 0.25) is 0 Å². The number of amides is 2. The summed E-state index contributed by atoms with van der Waals surface area (Å²) < 4.78 is 12.1. The summed E-state index contributed by atoms with van der Waals surface area (Å²) in [7, 11) is 0. The number of anilines is 1. The van der Waals surface area contributed by atoms with Gasteiger partial charge in [0, 0.05) is 36.5 Å². The van der Waals surface area contributed by atoms with Crippen molar-refractivity contribution in [3.05, 3.63) is 58.1 Å². The predicted octanol–water partition coefficient (Wildman–Crippen LogP) is 4.74. The summed E-state index contributed by atoms with van der Waals surface area (Å²) in [5.41, 5.74) is 1.74. The predicted molar refractivity (Wildman–Crippen MR) is 120 cm³/mol. The average Bonchev–Trinajstić information content (AvgIpc) is 3.28. The van der Waals surface area contributed by atoms with Crippen molar-refractivity contribution >= 4 is 33.4 Å².